The van der Waals surface area contributed by atoms with Crippen LogP contribution < -0.4 is 21.1 Å². The van der Waals surface area contributed by atoms with Gasteiger partial charge in [-0.15, -0.1) is 0 Å². The Morgan fingerprint density at radius 3 is 2.51 bits per heavy atom. The summed E-state index contributed by atoms with van der Waals surface area (Å²) in [5.74, 6) is -0.658. The average molecular weight is 684 g/mol. The van der Waals surface area contributed by atoms with Gasteiger partial charge in [-0.1, -0.05) is 35.4 Å². The van der Waals surface area contributed by atoms with Gasteiger partial charge >= 0.3 is 6.18 Å². The quantitative estimate of drug-likeness (QED) is 0.261. The summed E-state index contributed by atoms with van der Waals surface area (Å²) < 4.78 is 49.1. The van der Waals surface area contributed by atoms with E-state index in [1.165, 1.54) is 16.4 Å². The summed E-state index contributed by atoms with van der Waals surface area (Å²) in [4.78, 5) is 32.1. The largest absolute Gasteiger partial charge is 0.490 e. The summed E-state index contributed by atoms with van der Waals surface area (Å²) in [6.45, 7) is 1.81. The van der Waals surface area contributed by atoms with E-state index in [0.717, 1.165) is 0 Å². The first kappa shape index (κ1) is 34.2. The second-order valence-corrected chi connectivity index (χ2v) is 12.0. The van der Waals surface area contributed by atoms with Gasteiger partial charge in [0, 0.05) is 23.5 Å². The van der Waals surface area contributed by atoms with Crippen LogP contribution in [-0.2, 0) is 11.3 Å². The number of aliphatic imine (C=N–C) groups is 1. The van der Waals surface area contributed by atoms with E-state index in [4.69, 9.17) is 33.7 Å². The van der Waals surface area contributed by atoms with Crippen LogP contribution in [0.2, 0.25) is 10.0 Å². The third kappa shape index (κ3) is 10.2. The lowest BCUT2D eigenvalue weighted by Gasteiger charge is -2.22. The predicted molar refractivity (Wildman–Crippen MR) is 171 cm³/mol. The molecule has 4 bridgehead atoms. The molecule has 15 heteroatoms. The van der Waals surface area contributed by atoms with Crippen molar-refractivity contribution in [2.45, 2.75) is 38.9 Å². The molecule has 0 atom stereocenters. The zero-order valence-corrected chi connectivity index (χ0v) is 26.5. The fourth-order valence-corrected chi connectivity index (χ4v) is 5.80. The molecule has 9 nitrogen and oxygen atoms in total. The molecule has 7 rings (SSSR count). The maximum atomic E-state index is 13.1. The van der Waals surface area contributed by atoms with E-state index in [1.807, 2.05) is 12.2 Å². The van der Waals surface area contributed by atoms with Gasteiger partial charge in [0.05, 0.1) is 40.0 Å². The molecule has 3 aromatic rings. The first-order valence-electron chi connectivity index (χ1n) is 13.9. The second-order valence-electron chi connectivity index (χ2n) is 10.2. The Kier molecular flexibility index (Phi) is 11.8. The number of hydrogen-bond acceptors (Lipinski definition) is 8. The molecular weight excluding hydrogens is 652 g/mol. The standard InChI is InChI=1S/C30H31Cl2F3N6O3S/c1-18-25-26(40-45-18)20-6-8-21(9-7-20)44-13-5-3-2-4-11-41(12-10-30(33,34)35)17-24(42)38-27-22(31)14-19(15-23(27)32)16-37-29(36)39-28(25)43/h3,5-9,14-15H,2,4,10-13,16-17H2,1H3,(H,38,42)(H3,36,37,39,43). The molecule has 45 heavy (non-hydrogen) atoms. The van der Waals surface area contributed by atoms with Gasteiger partial charge < -0.3 is 21.1 Å². The van der Waals surface area contributed by atoms with Crippen LogP contribution in [-0.4, -0.2) is 59.5 Å². The first-order chi connectivity index (χ1) is 21.4. The molecule has 0 unspecified atom stereocenters. The predicted octanol–water partition coefficient (Wildman–Crippen LogP) is 6.59. The van der Waals surface area contributed by atoms with Crippen molar-refractivity contribution in [3.05, 3.63) is 74.6 Å². The molecule has 0 spiro atoms. The van der Waals surface area contributed by atoms with Gasteiger partial charge in [-0.2, -0.15) is 22.5 Å². The molecule has 1 aromatic heterocycles. The summed E-state index contributed by atoms with van der Waals surface area (Å²) in [7, 11) is 0. The lowest BCUT2D eigenvalue weighted by Crippen LogP contribution is -2.36. The Balaban J connectivity index is 1.58. The van der Waals surface area contributed by atoms with E-state index in [9.17, 15) is 22.8 Å². The number of guanidine groups is 1. The van der Waals surface area contributed by atoms with Gasteiger partial charge in [0.15, 0.2) is 5.96 Å². The van der Waals surface area contributed by atoms with Crippen molar-refractivity contribution >= 4 is 58.2 Å². The van der Waals surface area contributed by atoms with Crippen molar-refractivity contribution < 1.29 is 27.5 Å². The molecule has 240 valence electrons. The van der Waals surface area contributed by atoms with Crippen molar-refractivity contribution in [2.24, 2.45) is 10.7 Å². The number of nitrogens with one attached hydrogen (secondary N) is 2. The number of alkyl halides is 3. The number of allylic oxidation sites excluding steroid dienone is 1. The number of ether oxygens (including phenoxy) is 1. The number of hydrogen-bond donors (Lipinski definition) is 3. The van der Waals surface area contributed by atoms with Crippen LogP contribution >= 0.6 is 34.7 Å². The van der Waals surface area contributed by atoms with Gasteiger partial charge in [0.25, 0.3) is 5.91 Å². The van der Waals surface area contributed by atoms with Crippen molar-refractivity contribution in [3.8, 4) is 17.0 Å². The fraction of sp³-hybridized carbons (Fsp3) is 0.333. The first-order valence-corrected chi connectivity index (χ1v) is 15.5. The molecule has 4 N–H and O–H groups in total. The van der Waals surface area contributed by atoms with Crippen LogP contribution in [0.4, 0.5) is 18.9 Å². The Hall–Kier alpha value is -3.65. The monoisotopic (exact) mass is 682 g/mol. The second kappa shape index (κ2) is 15.6. The van der Waals surface area contributed by atoms with E-state index >= 15 is 0 Å². The van der Waals surface area contributed by atoms with Crippen LogP contribution in [0.3, 0.4) is 0 Å². The zero-order valence-electron chi connectivity index (χ0n) is 24.2. The van der Waals surface area contributed by atoms with Crippen LogP contribution in [0, 0.1) is 6.92 Å². The summed E-state index contributed by atoms with van der Waals surface area (Å²) in [5, 5.41) is 5.69. The average Bonchev–Trinajstić information content (AvgIpc) is 3.36. The molecule has 4 aliphatic rings. The Bertz CT molecular complexity index is 1550. The van der Waals surface area contributed by atoms with E-state index in [-0.39, 0.29) is 54.5 Å². The van der Waals surface area contributed by atoms with Crippen molar-refractivity contribution in [1.82, 2.24) is 14.6 Å². The number of amides is 2. The van der Waals surface area contributed by atoms with Gasteiger partial charge in [0.2, 0.25) is 5.91 Å². The third-order valence-corrected chi connectivity index (χ3v) is 8.05. The van der Waals surface area contributed by atoms with Gasteiger partial charge in [0.1, 0.15) is 12.4 Å². The maximum absolute atomic E-state index is 13.1. The lowest BCUT2D eigenvalue weighted by molar-refractivity contribution is -0.139. The van der Waals surface area contributed by atoms with Crippen molar-refractivity contribution in [3.63, 3.8) is 0 Å². The molecule has 0 fully saturated rings. The number of halogens is 5. The molecular formula is C30H31Cl2F3N6O3S. The minimum absolute atomic E-state index is 0.102. The summed E-state index contributed by atoms with van der Waals surface area (Å²) in [5.41, 5.74) is 8.25. The van der Waals surface area contributed by atoms with Gasteiger partial charge in [-0.25, -0.2) is 0 Å². The normalized spacial score (nSPS) is 17.2. The SMILES string of the molecule is Cc1snc2c1C(=O)/N=C(\N)NCc1cc(Cl)c(c(Cl)c1)NC(=O)CN(CCC(F)(F)F)CCCC=CCOc1ccc-2cc1. The maximum Gasteiger partial charge on any atom is 0.390 e. The van der Waals surface area contributed by atoms with Crippen LogP contribution in [0.15, 0.2) is 53.5 Å². The smallest absolute Gasteiger partial charge is 0.390 e. The number of nitrogens with two attached hydrogens (primary N) is 1. The molecule has 2 aromatic carbocycles. The topological polar surface area (TPSA) is 122 Å². The minimum atomic E-state index is -4.36. The Morgan fingerprint density at radius 1 is 1.11 bits per heavy atom. The number of rotatable bonds is 2. The minimum Gasteiger partial charge on any atom is -0.490 e. The molecule has 0 saturated heterocycles. The fourth-order valence-electron chi connectivity index (χ4n) is 4.47. The van der Waals surface area contributed by atoms with Crippen molar-refractivity contribution in [2.75, 3.05) is 31.6 Å². The number of anilines is 1. The number of nitrogens with zero attached hydrogens (tertiary/aromatic N) is 3. The highest BCUT2D eigenvalue weighted by atomic mass is 35.5. The number of carbonyl (C=O) groups excluding carboxylic acids is 2. The van der Waals surface area contributed by atoms with E-state index < -0.39 is 24.4 Å². The molecule has 2 amide bonds. The lowest BCUT2D eigenvalue weighted by atomic mass is 10.1. The van der Waals surface area contributed by atoms with E-state index in [1.54, 1.807) is 43.3 Å². The van der Waals surface area contributed by atoms with Crippen LogP contribution in [0.5, 0.6) is 5.75 Å². The molecule has 5 heterocycles. The summed E-state index contributed by atoms with van der Waals surface area (Å²) in [6, 6.07) is 10.2. The van der Waals surface area contributed by atoms with E-state index in [2.05, 4.69) is 20.0 Å². The van der Waals surface area contributed by atoms with E-state index in [0.29, 0.717) is 45.9 Å². The van der Waals surface area contributed by atoms with Gasteiger partial charge in [-0.3, -0.25) is 14.5 Å². The number of carbonyl (C=O) groups is 2. The zero-order chi connectivity index (χ0) is 32.6. The highest BCUT2D eigenvalue weighted by molar-refractivity contribution is 7.06. The molecule has 4 aliphatic heterocycles. The number of aryl methyl sites for hydroxylation is 1. The Labute approximate surface area is 272 Å². The number of benzene rings is 2. The summed E-state index contributed by atoms with van der Waals surface area (Å²) >= 11 is 14.0. The van der Waals surface area contributed by atoms with Crippen molar-refractivity contribution in [1.29, 1.82) is 0 Å². The number of aromatic nitrogens is 1. The molecule has 0 aliphatic carbocycles. The van der Waals surface area contributed by atoms with Crippen LogP contribution in [0.25, 0.3) is 11.3 Å². The van der Waals surface area contributed by atoms with Crippen LogP contribution in [0.1, 0.15) is 40.1 Å². The highest BCUT2D eigenvalue weighted by Gasteiger charge is 2.28. The Morgan fingerprint density at radius 2 is 1.82 bits per heavy atom. The third-order valence-electron chi connectivity index (χ3n) is 6.70. The molecule has 0 saturated carbocycles. The summed E-state index contributed by atoms with van der Waals surface area (Å²) in [6.07, 6.45) is -0.615. The highest BCUT2D eigenvalue weighted by Crippen LogP contribution is 2.33. The molecule has 0 radical (unpaired) electrons. The van der Waals surface area contributed by atoms with Gasteiger partial charge in [-0.05, 0) is 79.8 Å².